The smallest absolute Gasteiger partial charge is 0.328 e. The number of carbonyl (C=O) groups excluding carboxylic acids is 1. The highest BCUT2D eigenvalue weighted by Crippen LogP contribution is 2.15. The van der Waals surface area contributed by atoms with Gasteiger partial charge in [-0.3, -0.25) is 14.2 Å². The summed E-state index contributed by atoms with van der Waals surface area (Å²) in [7, 11) is 1.56. The van der Waals surface area contributed by atoms with Gasteiger partial charge in [0.05, 0.1) is 12.6 Å². The molecule has 0 atom stereocenters. The molecule has 0 saturated heterocycles. The van der Waals surface area contributed by atoms with E-state index in [1.54, 1.807) is 42.8 Å². The largest absolute Gasteiger partial charge is 0.497 e. The highest BCUT2D eigenvalue weighted by atomic mass is 32.1. The Morgan fingerprint density at radius 3 is 2.71 bits per heavy atom. The molecule has 7 nitrogen and oxygen atoms in total. The van der Waals surface area contributed by atoms with Gasteiger partial charge in [-0.25, -0.2) is 4.79 Å². The summed E-state index contributed by atoms with van der Waals surface area (Å²) in [6.07, 6.45) is 0.0197. The van der Waals surface area contributed by atoms with Crippen molar-refractivity contribution < 1.29 is 9.53 Å². The van der Waals surface area contributed by atoms with E-state index in [1.165, 1.54) is 11.3 Å². The van der Waals surface area contributed by atoms with Crippen molar-refractivity contribution in [1.82, 2.24) is 9.55 Å². The van der Waals surface area contributed by atoms with Crippen LogP contribution in [0.1, 0.15) is 6.42 Å². The normalized spacial score (nSPS) is 10.7. The minimum atomic E-state index is -0.511. The van der Waals surface area contributed by atoms with Gasteiger partial charge >= 0.3 is 5.69 Å². The Morgan fingerprint density at radius 1 is 1.25 bits per heavy atom. The third kappa shape index (κ3) is 3.23. The molecule has 0 aliphatic heterocycles. The van der Waals surface area contributed by atoms with Crippen molar-refractivity contribution in [1.29, 1.82) is 0 Å². The first-order valence-electron chi connectivity index (χ1n) is 7.22. The number of benzene rings is 1. The number of thiophene rings is 1. The first-order chi connectivity index (χ1) is 11.6. The summed E-state index contributed by atoms with van der Waals surface area (Å²) >= 11 is 1.26. The molecule has 0 spiro atoms. The van der Waals surface area contributed by atoms with E-state index in [0.717, 1.165) is 4.57 Å². The summed E-state index contributed by atoms with van der Waals surface area (Å²) in [6.45, 7) is 0.0179. The molecular weight excluding hydrogens is 330 g/mol. The van der Waals surface area contributed by atoms with E-state index in [-0.39, 0.29) is 24.4 Å². The first-order valence-corrected chi connectivity index (χ1v) is 8.10. The Morgan fingerprint density at radius 2 is 2.00 bits per heavy atom. The maximum atomic E-state index is 12.3. The van der Waals surface area contributed by atoms with E-state index in [4.69, 9.17) is 4.74 Å². The summed E-state index contributed by atoms with van der Waals surface area (Å²) < 4.78 is 6.57. The van der Waals surface area contributed by atoms with Crippen LogP contribution in [0.4, 0.5) is 5.69 Å². The molecule has 0 radical (unpaired) electrons. The van der Waals surface area contributed by atoms with Crippen LogP contribution in [-0.4, -0.2) is 22.6 Å². The Labute approximate surface area is 140 Å². The number of rotatable bonds is 5. The fourth-order valence-corrected chi connectivity index (χ4v) is 3.08. The van der Waals surface area contributed by atoms with Gasteiger partial charge in [-0.15, -0.1) is 11.3 Å². The second-order valence-corrected chi connectivity index (χ2v) is 5.99. The Balaban J connectivity index is 1.70. The van der Waals surface area contributed by atoms with Crippen LogP contribution in [0, 0.1) is 0 Å². The number of methoxy groups -OCH3 is 1. The van der Waals surface area contributed by atoms with Gasteiger partial charge in [0.2, 0.25) is 5.91 Å². The van der Waals surface area contributed by atoms with Crippen LogP contribution in [-0.2, 0) is 11.3 Å². The van der Waals surface area contributed by atoms with Gasteiger partial charge in [0, 0.05) is 18.7 Å². The van der Waals surface area contributed by atoms with Crippen LogP contribution >= 0.6 is 11.3 Å². The topological polar surface area (TPSA) is 93.2 Å². The van der Waals surface area contributed by atoms with Crippen LogP contribution in [0.5, 0.6) is 5.75 Å². The number of fused-ring (bicyclic) bond motifs is 1. The van der Waals surface area contributed by atoms with Crippen LogP contribution in [0.25, 0.3) is 10.2 Å². The lowest BCUT2D eigenvalue weighted by molar-refractivity contribution is -0.116. The van der Waals surface area contributed by atoms with E-state index in [2.05, 4.69) is 10.3 Å². The first kappa shape index (κ1) is 16.0. The van der Waals surface area contributed by atoms with Crippen molar-refractivity contribution in [2.24, 2.45) is 0 Å². The molecule has 0 saturated carbocycles. The highest BCUT2D eigenvalue weighted by molar-refractivity contribution is 7.17. The molecule has 0 fully saturated rings. The summed E-state index contributed by atoms with van der Waals surface area (Å²) in [5.74, 6) is 0.410. The zero-order chi connectivity index (χ0) is 17.1. The Kier molecular flexibility index (Phi) is 4.48. The summed E-state index contributed by atoms with van der Waals surface area (Å²) in [5.41, 5.74) is 0.258. The maximum Gasteiger partial charge on any atom is 0.328 e. The number of hydrogen-bond acceptors (Lipinski definition) is 5. The number of amides is 1. The predicted molar refractivity (Wildman–Crippen MR) is 92.9 cm³/mol. The van der Waals surface area contributed by atoms with E-state index in [1.807, 2.05) is 0 Å². The number of anilines is 1. The molecule has 0 unspecified atom stereocenters. The van der Waals surface area contributed by atoms with Gasteiger partial charge < -0.3 is 15.0 Å². The van der Waals surface area contributed by atoms with E-state index >= 15 is 0 Å². The third-order valence-corrected chi connectivity index (χ3v) is 4.43. The van der Waals surface area contributed by atoms with Crippen molar-refractivity contribution in [3.05, 3.63) is 56.5 Å². The number of nitrogens with one attached hydrogen (secondary N) is 2. The Bertz CT molecular complexity index is 985. The van der Waals surface area contributed by atoms with Gasteiger partial charge in [-0.2, -0.15) is 0 Å². The van der Waals surface area contributed by atoms with Crippen molar-refractivity contribution in [2.75, 3.05) is 12.4 Å². The molecule has 0 aliphatic carbocycles. The number of hydrogen-bond donors (Lipinski definition) is 2. The number of carbonyl (C=O) groups is 1. The highest BCUT2D eigenvalue weighted by Gasteiger charge is 2.10. The second kappa shape index (κ2) is 6.71. The van der Waals surface area contributed by atoms with Crippen molar-refractivity contribution in [2.45, 2.75) is 13.0 Å². The van der Waals surface area contributed by atoms with Crippen molar-refractivity contribution >= 4 is 33.1 Å². The second-order valence-electron chi connectivity index (χ2n) is 5.08. The average molecular weight is 345 g/mol. The number of nitrogens with zero attached hydrogens (tertiary/aromatic N) is 1. The zero-order valence-electron chi connectivity index (χ0n) is 12.9. The molecule has 0 bridgehead atoms. The molecule has 2 aromatic heterocycles. The predicted octanol–water partition coefficient (Wildman–Crippen LogP) is 1.79. The van der Waals surface area contributed by atoms with Gasteiger partial charge in [0.1, 0.15) is 10.4 Å². The van der Waals surface area contributed by atoms with E-state index in [9.17, 15) is 14.4 Å². The lowest BCUT2D eigenvalue weighted by Crippen LogP contribution is -2.35. The fraction of sp³-hybridized carbons (Fsp3) is 0.188. The van der Waals surface area contributed by atoms with Crippen LogP contribution in [0.2, 0.25) is 0 Å². The standard InChI is InChI=1S/C16H15N3O4S/c1-23-11-4-2-10(3-5-11)17-13(20)6-8-19-15(21)14-12(7-9-24-14)18-16(19)22/h2-5,7,9H,6,8H2,1H3,(H,17,20)(H,18,22). The molecule has 124 valence electrons. The van der Waals surface area contributed by atoms with Gasteiger partial charge in [0.15, 0.2) is 0 Å². The molecule has 8 heteroatoms. The monoisotopic (exact) mass is 345 g/mol. The molecule has 1 aromatic carbocycles. The zero-order valence-corrected chi connectivity index (χ0v) is 13.7. The number of H-pyrrole nitrogens is 1. The minimum Gasteiger partial charge on any atom is -0.497 e. The molecule has 0 aliphatic rings. The number of aromatic nitrogens is 2. The quantitative estimate of drug-likeness (QED) is 0.737. The van der Waals surface area contributed by atoms with Crippen LogP contribution < -0.4 is 21.3 Å². The number of aromatic amines is 1. The fourth-order valence-electron chi connectivity index (χ4n) is 2.29. The van der Waals surface area contributed by atoms with Gasteiger partial charge in [0.25, 0.3) is 5.56 Å². The average Bonchev–Trinajstić information content (AvgIpc) is 3.04. The van der Waals surface area contributed by atoms with Crippen LogP contribution in [0.3, 0.4) is 0 Å². The van der Waals surface area contributed by atoms with Crippen molar-refractivity contribution in [3.63, 3.8) is 0 Å². The lowest BCUT2D eigenvalue weighted by atomic mass is 10.3. The SMILES string of the molecule is COc1ccc(NC(=O)CCn2c(=O)[nH]c3ccsc3c2=O)cc1. The van der Waals surface area contributed by atoms with E-state index < -0.39 is 5.69 Å². The molecule has 1 amide bonds. The molecule has 2 heterocycles. The maximum absolute atomic E-state index is 12.3. The van der Waals surface area contributed by atoms with Gasteiger partial charge in [-0.05, 0) is 35.7 Å². The molecular formula is C16H15N3O4S. The lowest BCUT2D eigenvalue weighted by Gasteiger charge is -2.07. The molecule has 3 aromatic rings. The Hall–Kier alpha value is -2.87. The summed E-state index contributed by atoms with van der Waals surface area (Å²) in [6, 6.07) is 8.58. The van der Waals surface area contributed by atoms with Gasteiger partial charge in [-0.1, -0.05) is 0 Å². The molecule has 24 heavy (non-hydrogen) atoms. The third-order valence-electron chi connectivity index (χ3n) is 3.53. The minimum absolute atomic E-state index is 0.0179. The van der Waals surface area contributed by atoms with Crippen molar-refractivity contribution in [3.8, 4) is 5.75 Å². The molecule has 3 rings (SSSR count). The summed E-state index contributed by atoms with van der Waals surface area (Å²) in [4.78, 5) is 38.9. The molecule has 2 N–H and O–H groups in total. The number of ether oxygens (including phenoxy) is 1. The van der Waals surface area contributed by atoms with E-state index in [0.29, 0.717) is 21.7 Å². The van der Waals surface area contributed by atoms with Crippen LogP contribution in [0.15, 0.2) is 45.3 Å². The summed E-state index contributed by atoms with van der Waals surface area (Å²) in [5, 5.41) is 4.45.